The molecule has 1 fully saturated rings. The van der Waals surface area contributed by atoms with Crippen molar-refractivity contribution < 1.29 is 0 Å². The second-order valence-electron chi connectivity index (χ2n) is 4.81. The van der Waals surface area contributed by atoms with Gasteiger partial charge in [-0.05, 0) is 24.0 Å². The summed E-state index contributed by atoms with van der Waals surface area (Å²) in [6.45, 7) is 3.17. The molecule has 3 heteroatoms. The van der Waals surface area contributed by atoms with E-state index in [0.717, 1.165) is 11.7 Å². The van der Waals surface area contributed by atoms with Crippen LogP contribution in [0.15, 0.2) is 29.3 Å². The SMILES string of the molecule is CCC1CSC(=NCC2Cc3ccccc32)N1. The van der Waals surface area contributed by atoms with Gasteiger partial charge in [0.05, 0.1) is 0 Å². The first-order valence-electron chi connectivity index (χ1n) is 6.38. The Morgan fingerprint density at radius 1 is 1.41 bits per heavy atom. The second kappa shape index (κ2) is 4.73. The van der Waals surface area contributed by atoms with Crippen LogP contribution in [-0.2, 0) is 6.42 Å². The molecule has 1 saturated heterocycles. The molecule has 2 aliphatic rings. The van der Waals surface area contributed by atoms with Gasteiger partial charge in [0, 0.05) is 24.3 Å². The molecule has 1 N–H and O–H groups in total. The third kappa shape index (κ3) is 2.21. The zero-order chi connectivity index (χ0) is 11.7. The number of hydrogen-bond acceptors (Lipinski definition) is 2. The Labute approximate surface area is 107 Å². The maximum Gasteiger partial charge on any atom is 0.156 e. The van der Waals surface area contributed by atoms with Crippen LogP contribution in [0, 0.1) is 0 Å². The molecule has 3 rings (SSSR count). The Bertz CT molecular complexity index is 442. The Morgan fingerprint density at radius 3 is 3.06 bits per heavy atom. The van der Waals surface area contributed by atoms with Crippen molar-refractivity contribution in [2.24, 2.45) is 4.99 Å². The molecule has 1 heterocycles. The molecular formula is C14H18N2S. The molecule has 1 aliphatic carbocycles. The van der Waals surface area contributed by atoms with Crippen molar-refractivity contribution in [3.63, 3.8) is 0 Å². The van der Waals surface area contributed by atoms with E-state index in [1.54, 1.807) is 0 Å². The van der Waals surface area contributed by atoms with Crippen LogP contribution >= 0.6 is 11.8 Å². The fourth-order valence-electron chi connectivity index (χ4n) is 2.47. The van der Waals surface area contributed by atoms with E-state index in [0.29, 0.717) is 12.0 Å². The summed E-state index contributed by atoms with van der Waals surface area (Å²) in [5, 5.41) is 4.64. The minimum Gasteiger partial charge on any atom is -0.361 e. The lowest BCUT2D eigenvalue weighted by molar-refractivity contribution is 0.615. The molecule has 90 valence electrons. The number of thioether (sulfide) groups is 1. The summed E-state index contributed by atoms with van der Waals surface area (Å²) >= 11 is 1.87. The van der Waals surface area contributed by atoms with Gasteiger partial charge in [0.25, 0.3) is 0 Å². The van der Waals surface area contributed by atoms with E-state index in [1.807, 2.05) is 11.8 Å². The number of aliphatic imine (C=N–C) groups is 1. The molecule has 17 heavy (non-hydrogen) atoms. The monoisotopic (exact) mass is 246 g/mol. The van der Waals surface area contributed by atoms with E-state index in [4.69, 9.17) is 4.99 Å². The number of benzene rings is 1. The maximum absolute atomic E-state index is 4.71. The first-order chi connectivity index (χ1) is 8.36. The molecule has 2 unspecified atom stereocenters. The Balaban J connectivity index is 1.59. The molecular weight excluding hydrogens is 228 g/mol. The largest absolute Gasteiger partial charge is 0.361 e. The summed E-state index contributed by atoms with van der Waals surface area (Å²) in [7, 11) is 0. The summed E-state index contributed by atoms with van der Waals surface area (Å²) in [5.74, 6) is 1.83. The fourth-order valence-corrected chi connectivity index (χ4v) is 3.56. The van der Waals surface area contributed by atoms with Gasteiger partial charge in [0.1, 0.15) is 0 Å². The molecule has 1 aromatic rings. The van der Waals surface area contributed by atoms with Gasteiger partial charge in [-0.15, -0.1) is 0 Å². The number of rotatable bonds is 3. The summed E-state index contributed by atoms with van der Waals surface area (Å²) < 4.78 is 0. The van der Waals surface area contributed by atoms with E-state index in [1.165, 1.54) is 29.7 Å². The van der Waals surface area contributed by atoms with Crippen LogP contribution in [0.3, 0.4) is 0 Å². The standard InChI is InChI=1S/C14H18N2S/c1-2-12-9-17-14(16-12)15-8-11-7-10-5-3-4-6-13(10)11/h3-6,11-12H,2,7-9H2,1H3,(H,15,16). The number of amidine groups is 1. The van der Waals surface area contributed by atoms with Crippen LogP contribution in [0.2, 0.25) is 0 Å². The van der Waals surface area contributed by atoms with Gasteiger partial charge in [-0.25, -0.2) is 0 Å². The molecule has 0 radical (unpaired) electrons. The van der Waals surface area contributed by atoms with Gasteiger partial charge in [-0.2, -0.15) is 0 Å². The fraction of sp³-hybridized carbons (Fsp3) is 0.500. The predicted molar refractivity (Wildman–Crippen MR) is 74.9 cm³/mol. The van der Waals surface area contributed by atoms with Crippen molar-refractivity contribution >= 4 is 16.9 Å². The van der Waals surface area contributed by atoms with Crippen LogP contribution in [0.4, 0.5) is 0 Å². The van der Waals surface area contributed by atoms with E-state index >= 15 is 0 Å². The minimum atomic E-state index is 0.632. The minimum absolute atomic E-state index is 0.632. The lowest BCUT2D eigenvalue weighted by atomic mass is 9.78. The summed E-state index contributed by atoms with van der Waals surface area (Å²) in [6.07, 6.45) is 2.40. The molecule has 0 saturated carbocycles. The maximum atomic E-state index is 4.71. The molecule has 0 spiro atoms. The second-order valence-corrected chi connectivity index (χ2v) is 5.81. The van der Waals surface area contributed by atoms with Gasteiger partial charge in [0.15, 0.2) is 5.17 Å². The highest BCUT2D eigenvalue weighted by Gasteiger charge is 2.25. The molecule has 1 aromatic carbocycles. The lowest BCUT2D eigenvalue weighted by Gasteiger charge is -2.28. The first-order valence-corrected chi connectivity index (χ1v) is 7.37. The molecule has 0 aromatic heterocycles. The molecule has 2 atom stereocenters. The van der Waals surface area contributed by atoms with Gasteiger partial charge in [-0.1, -0.05) is 43.0 Å². The van der Waals surface area contributed by atoms with E-state index in [-0.39, 0.29) is 0 Å². The molecule has 2 nitrogen and oxygen atoms in total. The zero-order valence-electron chi connectivity index (χ0n) is 10.1. The first kappa shape index (κ1) is 11.1. The average Bonchev–Trinajstić information content (AvgIpc) is 2.78. The van der Waals surface area contributed by atoms with Crippen molar-refractivity contribution in [2.75, 3.05) is 12.3 Å². The van der Waals surface area contributed by atoms with Crippen LogP contribution in [0.1, 0.15) is 30.4 Å². The third-order valence-corrected chi connectivity index (χ3v) is 4.75. The predicted octanol–water partition coefficient (Wildman–Crippen LogP) is 2.80. The smallest absolute Gasteiger partial charge is 0.156 e. The molecule has 0 amide bonds. The van der Waals surface area contributed by atoms with Crippen molar-refractivity contribution in [3.05, 3.63) is 35.4 Å². The van der Waals surface area contributed by atoms with Gasteiger partial charge >= 0.3 is 0 Å². The van der Waals surface area contributed by atoms with Crippen molar-refractivity contribution in [3.8, 4) is 0 Å². The Hall–Kier alpha value is -0.960. The molecule has 1 aliphatic heterocycles. The average molecular weight is 246 g/mol. The topological polar surface area (TPSA) is 24.4 Å². The van der Waals surface area contributed by atoms with Crippen LogP contribution < -0.4 is 5.32 Å². The number of hydrogen-bond donors (Lipinski definition) is 1. The summed E-state index contributed by atoms with van der Waals surface area (Å²) in [6, 6.07) is 9.37. The van der Waals surface area contributed by atoms with E-state index in [2.05, 4.69) is 36.5 Å². The van der Waals surface area contributed by atoms with Crippen LogP contribution in [-0.4, -0.2) is 23.5 Å². The highest BCUT2D eigenvalue weighted by atomic mass is 32.2. The third-order valence-electron chi connectivity index (χ3n) is 3.66. The van der Waals surface area contributed by atoms with E-state index < -0.39 is 0 Å². The number of nitrogens with zero attached hydrogens (tertiary/aromatic N) is 1. The van der Waals surface area contributed by atoms with Crippen LogP contribution in [0.5, 0.6) is 0 Å². The highest BCUT2D eigenvalue weighted by molar-refractivity contribution is 8.14. The number of nitrogens with one attached hydrogen (secondary N) is 1. The Kier molecular flexibility index (Phi) is 3.10. The van der Waals surface area contributed by atoms with Gasteiger partial charge in [-0.3, -0.25) is 4.99 Å². The molecule has 0 bridgehead atoms. The van der Waals surface area contributed by atoms with Crippen molar-refractivity contribution in [1.29, 1.82) is 0 Å². The van der Waals surface area contributed by atoms with Crippen molar-refractivity contribution in [2.45, 2.75) is 31.7 Å². The van der Waals surface area contributed by atoms with Gasteiger partial charge < -0.3 is 5.32 Å². The Morgan fingerprint density at radius 2 is 2.29 bits per heavy atom. The normalized spacial score (nSPS) is 28.6. The van der Waals surface area contributed by atoms with Crippen LogP contribution in [0.25, 0.3) is 0 Å². The van der Waals surface area contributed by atoms with Crippen molar-refractivity contribution in [1.82, 2.24) is 5.32 Å². The number of fused-ring (bicyclic) bond motifs is 1. The lowest BCUT2D eigenvalue weighted by Crippen LogP contribution is -2.27. The van der Waals surface area contributed by atoms with E-state index in [9.17, 15) is 0 Å². The summed E-state index contributed by atoms with van der Waals surface area (Å²) in [5.41, 5.74) is 3.02. The highest BCUT2D eigenvalue weighted by Crippen LogP contribution is 2.35. The summed E-state index contributed by atoms with van der Waals surface area (Å²) in [4.78, 5) is 4.71. The quantitative estimate of drug-likeness (QED) is 0.887. The zero-order valence-corrected chi connectivity index (χ0v) is 11.0. The van der Waals surface area contributed by atoms with Gasteiger partial charge in [0.2, 0.25) is 0 Å².